The van der Waals surface area contributed by atoms with Gasteiger partial charge < -0.3 is 0 Å². The molecule has 96 valence electrons. The molecule has 0 amide bonds. The van der Waals surface area contributed by atoms with Crippen LogP contribution in [0.2, 0.25) is 0 Å². The van der Waals surface area contributed by atoms with Crippen molar-refractivity contribution >= 4 is 10.0 Å². The molecule has 3 N–H and O–H groups in total. The molecule has 0 aliphatic carbocycles. The molecule has 0 spiro atoms. The molecule has 17 heavy (non-hydrogen) atoms. The first-order valence-electron chi connectivity index (χ1n) is 5.23. The number of aromatic nitrogens is 2. The van der Waals surface area contributed by atoms with Crippen molar-refractivity contribution in [2.75, 3.05) is 0 Å². The highest BCUT2D eigenvalue weighted by Gasteiger charge is 2.15. The second-order valence-electron chi connectivity index (χ2n) is 3.70. The minimum Gasteiger partial charge on any atom is -0.299 e. The number of aromatic amines is 1. The Kier molecular flexibility index (Phi) is 4.24. The van der Waals surface area contributed by atoms with Crippen LogP contribution < -0.4 is 16.4 Å². The Morgan fingerprint density at radius 3 is 2.53 bits per heavy atom. The molecule has 0 fully saturated rings. The molecule has 0 aromatic carbocycles. The van der Waals surface area contributed by atoms with Crippen LogP contribution in [0.5, 0.6) is 0 Å². The van der Waals surface area contributed by atoms with Crippen LogP contribution in [0.1, 0.15) is 26.2 Å². The van der Waals surface area contributed by atoms with Crippen LogP contribution >= 0.6 is 0 Å². The monoisotopic (exact) mass is 261 g/mol. The van der Waals surface area contributed by atoms with E-state index in [-0.39, 0.29) is 0 Å². The smallest absolute Gasteiger partial charge is 0.299 e. The van der Waals surface area contributed by atoms with Gasteiger partial charge in [0.25, 0.3) is 5.56 Å². The Hall–Kier alpha value is -1.41. The van der Waals surface area contributed by atoms with Crippen molar-refractivity contribution in [1.29, 1.82) is 0 Å². The van der Waals surface area contributed by atoms with E-state index in [0.29, 0.717) is 6.54 Å². The fraction of sp³-hybridized carbons (Fsp3) is 0.556. The zero-order valence-corrected chi connectivity index (χ0v) is 10.3. The fourth-order valence-electron chi connectivity index (χ4n) is 1.39. The van der Waals surface area contributed by atoms with Gasteiger partial charge in [-0.3, -0.25) is 14.3 Å². The van der Waals surface area contributed by atoms with E-state index >= 15 is 0 Å². The summed E-state index contributed by atoms with van der Waals surface area (Å²) in [5.74, 6) is 0. The van der Waals surface area contributed by atoms with E-state index in [1.54, 1.807) is 0 Å². The minimum absolute atomic E-state index is 0.353. The summed E-state index contributed by atoms with van der Waals surface area (Å²) in [6.07, 6.45) is 3.61. The van der Waals surface area contributed by atoms with Crippen LogP contribution in [0.4, 0.5) is 0 Å². The summed E-state index contributed by atoms with van der Waals surface area (Å²) in [7, 11) is -4.11. The van der Waals surface area contributed by atoms with Crippen LogP contribution in [0, 0.1) is 0 Å². The van der Waals surface area contributed by atoms with Gasteiger partial charge in [0.15, 0.2) is 4.90 Å². The lowest BCUT2D eigenvalue weighted by Gasteiger charge is -2.05. The Labute approximate surface area is 98.3 Å². The molecule has 0 atom stereocenters. The zero-order valence-electron chi connectivity index (χ0n) is 9.47. The number of sulfonamides is 1. The van der Waals surface area contributed by atoms with Gasteiger partial charge in [-0.15, -0.1) is 0 Å². The van der Waals surface area contributed by atoms with Gasteiger partial charge in [-0.05, 0) is 6.42 Å². The predicted octanol–water partition coefficient (Wildman–Crippen LogP) is -0.626. The lowest BCUT2D eigenvalue weighted by atomic mass is 10.2. The molecule has 0 radical (unpaired) electrons. The summed E-state index contributed by atoms with van der Waals surface area (Å²) >= 11 is 0. The maximum Gasteiger partial charge on any atom is 0.328 e. The van der Waals surface area contributed by atoms with Crippen molar-refractivity contribution in [3.63, 3.8) is 0 Å². The van der Waals surface area contributed by atoms with Crippen molar-refractivity contribution in [3.8, 4) is 0 Å². The summed E-state index contributed by atoms with van der Waals surface area (Å²) in [6, 6.07) is 0. The molecule has 0 aliphatic rings. The standard InChI is InChI=1S/C9H15N3O4S/c1-2-3-4-5-12-6-7(17(10,15)16)8(13)11-9(12)14/h6H,2-5H2,1H3,(H2,10,15,16)(H,11,13,14). The summed E-state index contributed by atoms with van der Waals surface area (Å²) in [6.45, 7) is 2.36. The molecule has 0 aliphatic heterocycles. The molecule has 1 aromatic rings. The highest BCUT2D eigenvalue weighted by Crippen LogP contribution is 1.99. The summed E-state index contributed by atoms with van der Waals surface area (Å²) in [5.41, 5.74) is -1.61. The van der Waals surface area contributed by atoms with Gasteiger partial charge in [0, 0.05) is 12.7 Å². The molecule has 1 rings (SSSR count). The van der Waals surface area contributed by atoms with E-state index in [1.807, 2.05) is 11.9 Å². The van der Waals surface area contributed by atoms with Gasteiger partial charge in [-0.25, -0.2) is 18.4 Å². The molecule has 0 saturated carbocycles. The number of rotatable bonds is 5. The average molecular weight is 261 g/mol. The average Bonchev–Trinajstić information content (AvgIpc) is 2.19. The zero-order chi connectivity index (χ0) is 13.1. The van der Waals surface area contributed by atoms with E-state index in [1.165, 1.54) is 0 Å². The Bertz CT molecular complexity index is 599. The highest BCUT2D eigenvalue weighted by atomic mass is 32.2. The normalized spacial score (nSPS) is 11.6. The number of primary sulfonamides is 1. The molecular formula is C9H15N3O4S. The number of nitrogens with two attached hydrogens (primary N) is 1. The highest BCUT2D eigenvalue weighted by molar-refractivity contribution is 7.89. The predicted molar refractivity (Wildman–Crippen MR) is 62.2 cm³/mol. The number of H-pyrrole nitrogens is 1. The van der Waals surface area contributed by atoms with Crippen LogP contribution in [-0.2, 0) is 16.6 Å². The van der Waals surface area contributed by atoms with Gasteiger partial charge in [0.05, 0.1) is 0 Å². The number of hydrogen-bond donors (Lipinski definition) is 2. The third-order valence-electron chi connectivity index (χ3n) is 2.29. The second-order valence-corrected chi connectivity index (χ2v) is 5.23. The van der Waals surface area contributed by atoms with Crippen molar-refractivity contribution in [2.45, 2.75) is 37.6 Å². The van der Waals surface area contributed by atoms with Crippen molar-refractivity contribution < 1.29 is 8.42 Å². The largest absolute Gasteiger partial charge is 0.328 e. The molecule has 1 heterocycles. The summed E-state index contributed by atoms with van der Waals surface area (Å²) < 4.78 is 23.3. The van der Waals surface area contributed by atoms with Gasteiger partial charge in [0.2, 0.25) is 10.0 Å². The molecule has 1 aromatic heterocycles. The quantitative estimate of drug-likeness (QED) is 0.687. The van der Waals surface area contributed by atoms with Gasteiger partial charge in [-0.1, -0.05) is 19.8 Å². The third-order valence-corrected chi connectivity index (χ3v) is 3.19. The minimum atomic E-state index is -4.11. The van der Waals surface area contributed by atoms with Crippen LogP contribution in [0.25, 0.3) is 0 Å². The maximum absolute atomic E-state index is 11.4. The molecule has 0 saturated heterocycles. The van der Waals surface area contributed by atoms with E-state index < -0.39 is 26.2 Å². The Morgan fingerprint density at radius 1 is 1.35 bits per heavy atom. The van der Waals surface area contributed by atoms with Gasteiger partial charge in [-0.2, -0.15) is 0 Å². The van der Waals surface area contributed by atoms with Crippen molar-refractivity contribution in [1.82, 2.24) is 9.55 Å². The van der Waals surface area contributed by atoms with Crippen molar-refractivity contribution in [2.24, 2.45) is 5.14 Å². The van der Waals surface area contributed by atoms with Gasteiger partial charge in [0.1, 0.15) is 0 Å². The maximum atomic E-state index is 11.4. The van der Waals surface area contributed by atoms with E-state index in [4.69, 9.17) is 5.14 Å². The SMILES string of the molecule is CCCCCn1cc(S(N)(=O)=O)c(=O)[nH]c1=O. The van der Waals surface area contributed by atoms with E-state index in [9.17, 15) is 18.0 Å². The van der Waals surface area contributed by atoms with Crippen LogP contribution in [-0.4, -0.2) is 18.0 Å². The lowest BCUT2D eigenvalue weighted by molar-refractivity contribution is 0.559. The summed E-state index contributed by atoms with van der Waals surface area (Å²) in [4.78, 5) is 24.0. The van der Waals surface area contributed by atoms with Crippen LogP contribution in [0.15, 0.2) is 20.7 Å². The van der Waals surface area contributed by atoms with Gasteiger partial charge >= 0.3 is 5.69 Å². The fourth-order valence-corrected chi connectivity index (χ4v) is 1.97. The number of unbranched alkanes of at least 4 members (excludes halogenated alkanes) is 2. The molecule has 8 heteroatoms. The Balaban J connectivity index is 3.16. The lowest BCUT2D eigenvalue weighted by Crippen LogP contribution is -2.34. The first kappa shape index (κ1) is 13.7. The van der Waals surface area contributed by atoms with Crippen molar-refractivity contribution in [3.05, 3.63) is 27.0 Å². The molecule has 0 unspecified atom stereocenters. The number of nitrogens with zero attached hydrogens (tertiary/aromatic N) is 1. The third kappa shape index (κ3) is 3.53. The number of hydrogen-bond acceptors (Lipinski definition) is 4. The molecule has 0 bridgehead atoms. The Morgan fingerprint density at radius 2 is 2.00 bits per heavy atom. The van der Waals surface area contributed by atoms with E-state index in [0.717, 1.165) is 30.0 Å². The first-order chi connectivity index (χ1) is 7.86. The number of nitrogens with one attached hydrogen (secondary N) is 1. The summed E-state index contributed by atoms with van der Waals surface area (Å²) in [5, 5.41) is 4.87. The topological polar surface area (TPSA) is 115 Å². The van der Waals surface area contributed by atoms with E-state index in [2.05, 4.69) is 0 Å². The first-order valence-corrected chi connectivity index (χ1v) is 6.77. The second kappa shape index (κ2) is 5.28. The molecule has 7 nitrogen and oxygen atoms in total. The van der Waals surface area contributed by atoms with Crippen LogP contribution in [0.3, 0.4) is 0 Å². The number of aryl methyl sites for hydroxylation is 1. The molecular weight excluding hydrogens is 246 g/mol.